The van der Waals surface area contributed by atoms with Crippen LogP contribution in [0.2, 0.25) is 0 Å². The van der Waals surface area contributed by atoms with Crippen molar-refractivity contribution in [2.24, 2.45) is 0 Å². The van der Waals surface area contributed by atoms with Crippen LogP contribution in [0.5, 0.6) is 0 Å². The maximum Gasteiger partial charge on any atom is 0.327 e. The average molecular weight is 275 g/mol. The van der Waals surface area contributed by atoms with Crippen LogP contribution >= 0.6 is 24.6 Å². The number of alkyl halides is 1. The molecular formula is C7H18BrNO3P+. The van der Waals surface area contributed by atoms with Crippen LogP contribution in [0.3, 0.4) is 0 Å². The first kappa shape index (κ1) is 15.9. The third-order valence-electron chi connectivity index (χ3n) is 0.991. The number of rotatable bonds is 5. The molecule has 0 bridgehead atoms. The van der Waals surface area contributed by atoms with Gasteiger partial charge in [-0.1, -0.05) is 15.9 Å². The lowest BCUT2D eigenvalue weighted by molar-refractivity contribution is -0.870. The van der Waals surface area contributed by atoms with Gasteiger partial charge >= 0.3 is 8.69 Å². The Labute approximate surface area is 89.9 Å². The maximum absolute atomic E-state index is 9.76. The fourth-order valence-corrected chi connectivity index (χ4v) is 0.508. The molecule has 0 aromatic heterocycles. The minimum Gasteiger partial charge on any atom is -0.396 e. The lowest BCUT2D eigenvalue weighted by Crippen LogP contribution is -2.37. The standard InChI is InChI=1S/C5H13NO2P.C2H5BrO/c1-6(2,3)4-5-8-9-7;3-1-2-4/h4-5H2,1-3H3;4H,1-2H2/q+1;. The summed E-state index contributed by atoms with van der Waals surface area (Å²) >= 11 is 3.00. The van der Waals surface area contributed by atoms with Crippen LogP contribution in [0.4, 0.5) is 0 Å². The third-order valence-corrected chi connectivity index (χ3v) is 1.63. The maximum atomic E-state index is 9.76. The van der Waals surface area contributed by atoms with Gasteiger partial charge in [-0.05, 0) is 0 Å². The molecule has 1 N–H and O–H groups in total. The van der Waals surface area contributed by atoms with Gasteiger partial charge in [0.2, 0.25) is 0 Å². The summed E-state index contributed by atoms with van der Waals surface area (Å²) in [6.45, 7) is 1.67. The Morgan fingerprint density at radius 1 is 1.46 bits per heavy atom. The molecule has 0 spiro atoms. The van der Waals surface area contributed by atoms with E-state index in [-0.39, 0.29) is 15.3 Å². The molecule has 0 aromatic rings. The van der Waals surface area contributed by atoms with Gasteiger partial charge in [-0.3, -0.25) is 4.52 Å². The van der Waals surface area contributed by atoms with Gasteiger partial charge in [-0.25, -0.2) is 4.57 Å². The van der Waals surface area contributed by atoms with Crippen molar-refractivity contribution < 1.29 is 18.7 Å². The summed E-state index contributed by atoms with van der Waals surface area (Å²) in [6.07, 6.45) is 0. The van der Waals surface area contributed by atoms with E-state index >= 15 is 0 Å². The second-order valence-corrected chi connectivity index (χ2v) is 4.53. The first-order valence-electron chi connectivity index (χ1n) is 3.90. The van der Waals surface area contributed by atoms with Crippen LogP contribution in [0.15, 0.2) is 0 Å². The van der Waals surface area contributed by atoms with E-state index in [1.165, 1.54) is 0 Å². The SMILES string of the molecule is C[N+](C)(C)CCOP=O.OCCBr. The molecule has 0 fully saturated rings. The largest absolute Gasteiger partial charge is 0.396 e. The molecule has 0 aliphatic heterocycles. The van der Waals surface area contributed by atoms with Crippen molar-refractivity contribution in [2.75, 3.05) is 46.2 Å². The average Bonchev–Trinajstić information content (AvgIpc) is 2.03. The first-order valence-corrected chi connectivity index (χ1v) is 5.75. The van der Waals surface area contributed by atoms with Gasteiger partial charge < -0.3 is 9.59 Å². The van der Waals surface area contributed by atoms with Crippen LogP contribution in [-0.4, -0.2) is 55.8 Å². The monoisotopic (exact) mass is 274 g/mol. The molecule has 0 amide bonds. The minimum atomic E-state index is -0.217. The second-order valence-electron chi connectivity index (χ2n) is 3.33. The lowest BCUT2D eigenvalue weighted by Gasteiger charge is -2.22. The topological polar surface area (TPSA) is 46.5 Å². The van der Waals surface area contributed by atoms with Crippen molar-refractivity contribution in [1.29, 1.82) is 0 Å². The minimum absolute atomic E-state index is 0.217. The molecule has 0 saturated heterocycles. The first-order chi connectivity index (χ1) is 5.97. The summed E-state index contributed by atoms with van der Waals surface area (Å²) in [5.41, 5.74) is 0. The normalized spacial score (nSPS) is 10.8. The van der Waals surface area contributed by atoms with E-state index in [0.29, 0.717) is 11.9 Å². The predicted octanol–water partition coefficient (Wildman–Crippen LogP) is 1.29. The molecular weight excluding hydrogens is 257 g/mol. The highest BCUT2D eigenvalue weighted by atomic mass is 79.9. The number of aliphatic hydroxyl groups excluding tert-OH is 1. The van der Waals surface area contributed by atoms with Gasteiger partial charge in [0, 0.05) is 5.33 Å². The van der Waals surface area contributed by atoms with Crippen molar-refractivity contribution in [3.05, 3.63) is 0 Å². The summed E-state index contributed by atoms with van der Waals surface area (Å²) in [6, 6.07) is 0. The van der Waals surface area contributed by atoms with Crippen molar-refractivity contribution in [1.82, 2.24) is 0 Å². The molecule has 0 rings (SSSR count). The lowest BCUT2D eigenvalue weighted by atomic mass is 10.5. The number of halogens is 1. The van der Waals surface area contributed by atoms with Gasteiger partial charge in [0.05, 0.1) is 27.7 Å². The highest BCUT2D eigenvalue weighted by Crippen LogP contribution is 1.96. The van der Waals surface area contributed by atoms with Gasteiger partial charge in [-0.2, -0.15) is 0 Å². The number of hydrogen-bond donors (Lipinski definition) is 1. The number of aliphatic hydroxyl groups is 1. The Bertz CT molecular complexity index is 117. The van der Waals surface area contributed by atoms with E-state index in [4.69, 9.17) is 5.11 Å². The Morgan fingerprint density at radius 2 is 1.92 bits per heavy atom. The van der Waals surface area contributed by atoms with E-state index in [1.54, 1.807) is 0 Å². The van der Waals surface area contributed by atoms with E-state index in [0.717, 1.165) is 11.0 Å². The van der Waals surface area contributed by atoms with Crippen LogP contribution < -0.4 is 0 Å². The molecule has 0 aliphatic rings. The summed E-state index contributed by atoms with van der Waals surface area (Å²) < 4.78 is 15.2. The molecule has 0 aromatic carbocycles. The molecule has 0 saturated carbocycles. The molecule has 4 nitrogen and oxygen atoms in total. The number of quaternary nitrogens is 1. The van der Waals surface area contributed by atoms with E-state index < -0.39 is 0 Å². The number of hydrogen-bond acceptors (Lipinski definition) is 3. The van der Waals surface area contributed by atoms with Gasteiger partial charge in [0.25, 0.3) is 0 Å². The fourth-order valence-electron chi connectivity index (χ4n) is 0.352. The van der Waals surface area contributed by atoms with Crippen LogP contribution in [0.25, 0.3) is 0 Å². The number of likely N-dealkylation sites (N-methyl/N-ethyl adjacent to an activating group) is 1. The summed E-state index contributed by atoms with van der Waals surface area (Å²) in [5.74, 6) is 0. The molecule has 0 radical (unpaired) electrons. The Morgan fingerprint density at radius 3 is 2.15 bits per heavy atom. The third kappa shape index (κ3) is 24.5. The van der Waals surface area contributed by atoms with Crippen LogP contribution in [0, 0.1) is 0 Å². The molecule has 6 heteroatoms. The zero-order valence-electron chi connectivity index (χ0n) is 8.36. The van der Waals surface area contributed by atoms with E-state index in [2.05, 4.69) is 41.6 Å². The fraction of sp³-hybridized carbons (Fsp3) is 1.00. The smallest absolute Gasteiger partial charge is 0.327 e. The Hall–Kier alpha value is 0.460. The summed E-state index contributed by atoms with van der Waals surface area (Å²) in [7, 11) is 5.96. The van der Waals surface area contributed by atoms with E-state index in [9.17, 15) is 4.57 Å². The Kier molecular flexibility index (Phi) is 12.9. The highest BCUT2D eigenvalue weighted by Gasteiger charge is 2.04. The summed E-state index contributed by atoms with van der Waals surface area (Å²) in [4.78, 5) is 0. The molecule has 0 heterocycles. The highest BCUT2D eigenvalue weighted by molar-refractivity contribution is 9.09. The number of nitrogens with zero attached hydrogens (tertiary/aromatic N) is 1. The van der Waals surface area contributed by atoms with Gasteiger partial charge in [0.15, 0.2) is 0 Å². The Balaban J connectivity index is 0. The van der Waals surface area contributed by atoms with Gasteiger partial charge in [0.1, 0.15) is 13.2 Å². The predicted molar refractivity (Wildman–Crippen MR) is 57.3 cm³/mol. The zero-order valence-corrected chi connectivity index (χ0v) is 10.8. The second kappa shape index (κ2) is 10.5. The molecule has 0 unspecified atom stereocenters. The molecule has 0 aliphatic carbocycles. The molecule has 0 atom stereocenters. The van der Waals surface area contributed by atoms with Crippen molar-refractivity contribution >= 4 is 24.6 Å². The van der Waals surface area contributed by atoms with E-state index in [1.807, 2.05) is 0 Å². The van der Waals surface area contributed by atoms with Crippen LogP contribution in [0.1, 0.15) is 0 Å². The zero-order chi connectivity index (χ0) is 10.7. The van der Waals surface area contributed by atoms with Crippen LogP contribution in [-0.2, 0) is 9.09 Å². The van der Waals surface area contributed by atoms with Gasteiger partial charge in [-0.15, -0.1) is 0 Å². The van der Waals surface area contributed by atoms with Crippen molar-refractivity contribution in [3.8, 4) is 0 Å². The van der Waals surface area contributed by atoms with Crippen molar-refractivity contribution in [3.63, 3.8) is 0 Å². The quantitative estimate of drug-likeness (QED) is 0.356. The van der Waals surface area contributed by atoms with Crippen molar-refractivity contribution in [2.45, 2.75) is 0 Å². The summed E-state index contributed by atoms with van der Waals surface area (Å²) in [5, 5.41) is 8.52. The molecule has 80 valence electrons. The molecule has 13 heavy (non-hydrogen) atoms.